The molecule has 4 heterocycles. The number of hydrogen-bond donors (Lipinski definition) is 0. The minimum atomic E-state index is -3.48. The Morgan fingerprint density at radius 2 is 1.91 bits per heavy atom. The number of hydrogen-bond acceptors (Lipinski definition) is 5. The highest BCUT2D eigenvalue weighted by molar-refractivity contribution is 7.92. The molecule has 3 aromatic rings. The molecule has 10 heteroatoms. The molecule has 0 saturated carbocycles. The van der Waals surface area contributed by atoms with E-state index in [1.165, 1.54) is 12.1 Å². The summed E-state index contributed by atoms with van der Waals surface area (Å²) < 4.78 is 41.7. The maximum Gasteiger partial charge on any atom is 0.255 e. The number of benzene rings is 1. The van der Waals surface area contributed by atoms with Crippen LogP contribution in [0.3, 0.4) is 0 Å². The fraction of sp³-hybridized carbons (Fsp3) is 0.417. The van der Waals surface area contributed by atoms with Crippen molar-refractivity contribution in [3.8, 4) is 0 Å². The molecule has 2 aliphatic rings. The molecule has 2 fully saturated rings. The number of amides is 1. The zero-order chi connectivity index (χ0) is 24.2. The highest BCUT2D eigenvalue weighted by Crippen LogP contribution is 2.37. The number of nitrogens with zero attached hydrogens (tertiary/aromatic N) is 4. The quantitative estimate of drug-likeness (QED) is 0.520. The van der Waals surface area contributed by atoms with Gasteiger partial charge in [-0.15, -0.1) is 0 Å². The second kappa shape index (κ2) is 8.53. The lowest BCUT2D eigenvalue weighted by Crippen LogP contribution is -2.56. The van der Waals surface area contributed by atoms with E-state index in [2.05, 4.69) is 9.88 Å². The van der Waals surface area contributed by atoms with Crippen LogP contribution in [0, 0.1) is 5.82 Å². The molecule has 1 unspecified atom stereocenters. The molecule has 180 valence electrons. The molecule has 1 amide bonds. The number of rotatable bonds is 5. The van der Waals surface area contributed by atoms with Crippen LogP contribution in [0.25, 0.3) is 5.52 Å². The third-order valence-corrected chi connectivity index (χ3v) is 9.70. The Morgan fingerprint density at radius 1 is 1.21 bits per heavy atom. The molecule has 1 aromatic carbocycles. The minimum absolute atomic E-state index is 0.0223. The highest BCUT2D eigenvalue weighted by atomic mass is 35.5. The summed E-state index contributed by atoms with van der Waals surface area (Å²) in [6.07, 6.45) is 5.64. The monoisotopic (exact) mass is 504 g/mol. The average Bonchev–Trinajstić information content (AvgIpc) is 3.39. The van der Waals surface area contributed by atoms with E-state index in [4.69, 9.17) is 11.6 Å². The van der Waals surface area contributed by atoms with E-state index in [0.29, 0.717) is 24.4 Å². The van der Waals surface area contributed by atoms with Gasteiger partial charge in [-0.25, -0.2) is 17.8 Å². The number of carbonyl (C=O) groups excluding carboxylic acids is 1. The molecule has 34 heavy (non-hydrogen) atoms. The molecule has 0 spiro atoms. The summed E-state index contributed by atoms with van der Waals surface area (Å²) in [7, 11) is -3.48. The third kappa shape index (κ3) is 3.75. The van der Waals surface area contributed by atoms with Gasteiger partial charge in [-0.2, -0.15) is 0 Å². The van der Waals surface area contributed by atoms with E-state index in [-0.39, 0.29) is 28.6 Å². The SMILES string of the molecule is CCC(C)S(=O)(=O)c1cc(N2[C@@H]3CC[C@H]2CN(C(=O)c2ccc(F)cc2Cl)C3)n2cncc2c1. The fourth-order valence-electron chi connectivity index (χ4n) is 5.08. The first-order chi connectivity index (χ1) is 16.2. The second-order valence-corrected chi connectivity index (χ2v) is 11.9. The summed E-state index contributed by atoms with van der Waals surface area (Å²) in [5.74, 6) is 0.0710. The van der Waals surface area contributed by atoms with Gasteiger partial charge in [-0.1, -0.05) is 18.5 Å². The Kier molecular flexibility index (Phi) is 5.80. The van der Waals surface area contributed by atoms with Crippen molar-refractivity contribution in [3.63, 3.8) is 0 Å². The van der Waals surface area contributed by atoms with Gasteiger partial charge in [0.2, 0.25) is 0 Å². The number of anilines is 1. The molecule has 3 atom stereocenters. The van der Waals surface area contributed by atoms with Crippen molar-refractivity contribution in [2.45, 2.75) is 55.3 Å². The number of halogens is 2. The molecule has 2 aromatic heterocycles. The zero-order valence-electron chi connectivity index (χ0n) is 19.0. The largest absolute Gasteiger partial charge is 0.348 e. The van der Waals surface area contributed by atoms with Gasteiger partial charge in [0.1, 0.15) is 18.0 Å². The maximum atomic E-state index is 13.5. The number of fused-ring (bicyclic) bond motifs is 3. The van der Waals surface area contributed by atoms with E-state index in [0.717, 1.165) is 30.2 Å². The van der Waals surface area contributed by atoms with E-state index in [1.54, 1.807) is 36.5 Å². The number of aromatic nitrogens is 2. The van der Waals surface area contributed by atoms with Crippen LogP contribution in [-0.2, 0) is 9.84 Å². The lowest BCUT2D eigenvalue weighted by molar-refractivity contribution is 0.0717. The predicted molar refractivity (Wildman–Crippen MR) is 129 cm³/mol. The Bertz CT molecular complexity index is 1360. The second-order valence-electron chi connectivity index (χ2n) is 9.13. The first-order valence-corrected chi connectivity index (χ1v) is 13.4. The number of piperazine rings is 1. The van der Waals surface area contributed by atoms with Gasteiger partial charge in [0, 0.05) is 25.2 Å². The zero-order valence-corrected chi connectivity index (χ0v) is 20.6. The number of imidazole rings is 1. The third-order valence-electron chi connectivity index (χ3n) is 7.10. The molecule has 5 rings (SSSR count). The van der Waals surface area contributed by atoms with Gasteiger partial charge in [0.15, 0.2) is 9.84 Å². The fourth-order valence-corrected chi connectivity index (χ4v) is 6.78. The van der Waals surface area contributed by atoms with Crippen LogP contribution >= 0.6 is 11.6 Å². The molecule has 2 aliphatic heterocycles. The summed E-state index contributed by atoms with van der Waals surface area (Å²) in [4.78, 5) is 21.7. The number of carbonyl (C=O) groups is 1. The average molecular weight is 505 g/mol. The Labute approximate surface area is 203 Å². The van der Waals surface area contributed by atoms with Gasteiger partial charge in [0.25, 0.3) is 5.91 Å². The summed E-state index contributed by atoms with van der Waals surface area (Å²) >= 11 is 6.14. The summed E-state index contributed by atoms with van der Waals surface area (Å²) in [5, 5.41) is -0.389. The summed E-state index contributed by atoms with van der Waals surface area (Å²) in [6, 6.07) is 7.28. The van der Waals surface area contributed by atoms with Crippen LogP contribution in [-0.4, -0.2) is 59.0 Å². The van der Waals surface area contributed by atoms with Crippen molar-refractivity contribution in [2.75, 3.05) is 18.0 Å². The lowest BCUT2D eigenvalue weighted by Gasteiger charge is -2.42. The predicted octanol–water partition coefficient (Wildman–Crippen LogP) is 4.19. The van der Waals surface area contributed by atoms with Crippen LogP contribution in [0.2, 0.25) is 5.02 Å². The van der Waals surface area contributed by atoms with E-state index >= 15 is 0 Å². The van der Waals surface area contributed by atoms with Crippen molar-refractivity contribution >= 4 is 38.7 Å². The topological polar surface area (TPSA) is 75.0 Å². The molecular weight excluding hydrogens is 479 g/mol. The molecule has 2 bridgehead atoms. The van der Waals surface area contributed by atoms with Gasteiger partial charge in [-0.3, -0.25) is 9.20 Å². The van der Waals surface area contributed by atoms with E-state index < -0.39 is 20.9 Å². The Hall–Kier alpha value is -2.65. The van der Waals surface area contributed by atoms with Gasteiger partial charge in [-0.05, 0) is 56.5 Å². The standard InChI is InChI=1S/C24H26ClFN4O3S/c1-3-15(2)34(32,33)20-9-19-11-27-14-29(19)23(10-20)30-17-5-6-18(30)13-28(12-17)24(31)21-7-4-16(26)8-22(21)25/h4,7-11,14-15,17-18H,3,5-6,12-13H2,1-2H3/t15?,17-,18+. The van der Waals surface area contributed by atoms with Crippen LogP contribution in [0.15, 0.2) is 47.8 Å². The van der Waals surface area contributed by atoms with Crippen molar-refractivity contribution in [1.29, 1.82) is 0 Å². The first kappa shape index (κ1) is 23.1. The van der Waals surface area contributed by atoms with Gasteiger partial charge >= 0.3 is 0 Å². The Morgan fingerprint density at radius 3 is 2.56 bits per heavy atom. The van der Waals surface area contributed by atoms with Crippen molar-refractivity contribution in [3.05, 3.63) is 59.3 Å². The van der Waals surface area contributed by atoms with Crippen molar-refractivity contribution < 1.29 is 17.6 Å². The van der Waals surface area contributed by atoms with Crippen LogP contribution < -0.4 is 4.90 Å². The summed E-state index contributed by atoms with van der Waals surface area (Å²) in [6.45, 7) is 4.54. The van der Waals surface area contributed by atoms with Crippen molar-refractivity contribution in [2.24, 2.45) is 0 Å². The van der Waals surface area contributed by atoms with E-state index in [1.807, 2.05) is 11.3 Å². The Balaban J connectivity index is 1.49. The molecule has 2 saturated heterocycles. The lowest BCUT2D eigenvalue weighted by atomic mass is 10.1. The van der Waals surface area contributed by atoms with Crippen LogP contribution in [0.4, 0.5) is 10.2 Å². The molecule has 0 aliphatic carbocycles. The molecule has 0 N–H and O–H groups in total. The molecule has 7 nitrogen and oxygen atoms in total. The number of likely N-dealkylation sites (tertiary alicyclic amines) is 1. The minimum Gasteiger partial charge on any atom is -0.348 e. The van der Waals surface area contributed by atoms with Crippen molar-refractivity contribution in [1.82, 2.24) is 14.3 Å². The normalized spacial score (nSPS) is 21.3. The van der Waals surface area contributed by atoms with Gasteiger partial charge in [0.05, 0.1) is 32.4 Å². The van der Waals surface area contributed by atoms with E-state index in [9.17, 15) is 17.6 Å². The summed E-state index contributed by atoms with van der Waals surface area (Å²) in [5.41, 5.74) is 1.00. The number of pyridine rings is 1. The number of sulfone groups is 1. The molecular formula is C24H26ClFN4O3S. The van der Waals surface area contributed by atoms with Crippen LogP contribution in [0.1, 0.15) is 43.5 Å². The smallest absolute Gasteiger partial charge is 0.255 e. The maximum absolute atomic E-state index is 13.5. The first-order valence-electron chi connectivity index (χ1n) is 11.4. The van der Waals surface area contributed by atoms with Crippen LogP contribution in [0.5, 0.6) is 0 Å². The molecule has 0 radical (unpaired) electrons. The van der Waals surface area contributed by atoms with Gasteiger partial charge < -0.3 is 9.80 Å². The highest BCUT2D eigenvalue weighted by Gasteiger charge is 2.43.